The maximum absolute atomic E-state index is 4.47. The maximum atomic E-state index is 4.47. The molecule has 1 atom stereocenters. The fourth-order valence-corrected chi connectivity index (χ4v) is 2.80. The van der Waals surface area contributed by atoms with Crippen LogP contribution in [-0.2, 0) is 13.5 Å². The lowest BCUT2D eigenvalue weighted by Crippen LogP contribution is -2.36. The van der Waals surface area contributed by atoms with Crippen molar-refractivity contribution in [3.63, 3.8) is 0 Å². The monoisotopic (exact) mass is 315 g/mol. The summed E-state index contributed by atoms with van der Waals surface area (Å²) in [6.45, 7) is 8.71. The zero-order valence-electron chi connectivity index (χ0n) is 12.3. The molecule has 0 radical (unpaired) electrons. The van der Waals surface area contributed by atoms with E-state index in [1.165, 1.54) is 25.0 Å². The Morgan fingerprint density at radius 2 is 2.06 bits per heavy atom. The third kappa shape index (κ3) is 4.39. The molecule has 1 aromatic rings. The van der Waals surface area contributed by atoms with Crippen molar-refractivity contribution in [2.24, 2.45) is 7.05 Å². The molecular formula is C14H26BrN3. The zero-order valence-corrected chi connectivity index (χ0v) is 13.8. The Labute approximate surface area is 119 Å². The summed E-state index contributed by atoms with van der Waals surface area (Å²) in [5, 5.41) is 8.13. The van der Waals surface area contributed by atoms with Crippen LogP contribution in [0.25, 0.3) is 0 Å². The van der Waals surface area contributed by atoms with Crippen molar-refractivity contribution in [1.29, 1.82) is 0 Å². The van der Waals surface area contributed by atoms with Gasteiger partial charge in [0.2, 0.25) is 0 Å². The van der Waals surface area contributed by atoms with E-state index in [0.29, 0.717) is 12.1 Å². The first kappa shape index (κ1) is 15.7. The average molecular weight is 316 g/mol. The quantitative estimate of drug-likeness (QED) is 0.833. The van der Waals surface area contributed by atoms with Gasteiger partial charge in [-0.25, -0.2) is 0 Å². The predicted octanol–water partition coefficient (Wildman–Crippen LogP) is 3.59. The number of nitrogens with one attached hydrogen (secondary N) is 1. The molecule has 0 aliphatic heterocycles. The molecule has 0 saturated carbocycles. The number of nitrogens with zero attached hydrogens (tertiary/aromatic N) is 2. The second-order valence-corrected chi connectivity index (χ2v) is 6.13. The molecule has 3 nitrogen and oxygen atoms in total. The first-order valence-corrected chi connectivity index (χ1v) is 7.69. The first-order chi connectivity index (χ1) is 8.45. The molecule has 0 aromatic carbocycles. The van der Waals surface area contributed by atoms with E-state index in [1.807, 2.05) is 18.7 Å². The van der Waals surface area contributed by atoms with Crippen molar-refractivity contribution >= 4 is 15.9 Å². The van der Waals surface area contributed by atoms with Gasteiger partial charge in [0.25, 0.3) is 0 Å². The van der Waals surface area contributed by atoms with Gasteiger partial charge < -0.3 is 5.32 Å². The fraction of sp³-hybridized carbons (Fsp3) is 0.786. The molecule has 0 aliphatic carbocycles. The van der Waals surface area contributed by atoms with Gasteiger partial charge >= 0.3 is 0 Å². The van der Waals surface area contributed by atoms with Crippen LogP contribution in [0.15, 0.2) is 4.47 Å². The number of rotatable bonds is 7. The van der Waals surface area contributed by atoms with Crippen LogP contribution in [0.3, 0.4) is 0 Å². The third-order valence-corrected chi connectivity index (χ3v) is 4.21. The molecule has 0 amide bonds. The minimum Gasteiger partial charge on any atom is -0.311 e. The van der Waals surface area contributed by atoms with Crippen molar-refractivity contribution in [3.8, 4) is 0 Å². The van der Waals surface area contributed by atoms with Crippen LogP contribution in [-0.4, -0.2) is 21.9 Å². The smallest absolute Gasteiger partial charge is 0.0738 e. The molecule has 0 spiro atoms. The van der Waals surface area contributed by atoms with Crippen molar-refractivity contribution in [2.45, 2.75) is 65.5 Å². The first-order valence-electron chi connectivity index (χ1n) is 6.89. The van der Waals surface area contributed by atoms with Crippen LogP contribution >= 0.6 is 15.9 Å². The number of hydrogen-bond acceptors (Lipinski definition) is 2. The van der Waals surface area contributed by atoms with E-state index in [9.17, 15) is 0 Å². The molecule has 1 N–H and O–H groups in total. The van der Waals surface area contributed by atoms with Crippen molar-refractivity contribution in [3.05, 3.63) is 15.9 Å². The molecule has 1 unspecified atom stereocenters. The zero-order chi connectivity index (χ0) is 13.7. The van der Waals surface area contributed by atoms with E-state index in [2.05, 4.69) is 47.1 Å². The predicted molar refractivity (Wildman–Crippen MR) is 80.9 cm³/mol. The van der Waals surface area contributed by atoms with E-state index >= 15 is 0 Å². The molecule has 1 rings (SSSR count). The van der Waals surface area contributed by atoms with Gasteiger partial charge in [-0.1, -0.05) is 33.6 Å². The summed E-state index contributed by atoms with van der Waals surface area (Å²) in [6, 6.07) is 1.07. The lowest BCUT2D eigenvalue weighted by molar-refractivity contribution is 0.416. The summed E-state index contributed by atoms with van der Waals surface area (Å²) in [7, 11) is 2.03. The normalized spacial score (nSPS) is 13.3. The van der Waals surface area contributed by atoms with E-state index in [0.717, 1.165) is 16.6 Å². The Balaban J connectivity index is 2.74. The third-order valence-electron chi connectivity index (χ3n) is 3.18. The Morgan fingerprint density at radius 1 is 1.39 bits per heavy atom. The molecule has 1 heterocycles. The molecule has 104 valence electrons. The fourth-order valence-electron chi connectivity index (χ4n) is 2.30. The van der Waals surface area contributed by atoms with Crippen LogP contribution in [0, 0.1) is 6.92 Å². The Kier molecular flexibility index (Phi) is 6.36. The van der Waals surface area contributed by atoms with Gasteiger partial charge in [-0.15, -0.1) is 0 Å². The van der Waals surface area contributed by atoms with Crippen LogP contribution in [0.5, 0.6) is 0 Å². The highest BCUT2D eigenvalue weighted by Gasteiger charge is 2.17. The molecule has 0 fully saturated rings. The number of aryl methyl sites for hydroxylation is 2. The topological polar surface area (TPSA) is 29.9 Å². The average Bonchev–Trinajstić information content (AvgIpc) is 2.52. The number of halogens is 1. The molecular weight excluding hydrogens is 290 g/mol. The Morgan fingerprint density at radius 3 is 2.50 bits per heavy atom. The Bertz CT molecular complexity index is 371. The standard InChI is InChI=1S/C14H26BrN3/c1-6-7-8-12(16-10(2)3)9-13-14(15)11(4)17-18(13)5/h10,12,16H,6-9H2,1-5H3. The minimum atomic E-state index is 0.528. The lowest BCUT2D eigenvalue weighted by atomic mass is 10.0. The van der Waals surface area contributed by atoms with E-state index in [1.54, 1.807) is 0 Å². The van der Waals surface area contributed by atoms with Gasteiger partial charge in [0, 0.05) is 25.6 Å². The minimum absolute atomic E-state index is 0.528. The Hall–Kier alpha value is -0.350. The van der Waals surface area contributed by atoms with Gasteiger partial charge in [0.1, 0.15) is 0 Å². The molecule has 0 saturated heterocycles. The largest absolute Gasteiger partial charge is 0.311 e. The molecule has 0 bridgehead atoms. The molecule has 4 heteroatoms. The highest BCUT2D eigenvalue weighted by atomic mass is 79.9. The van der Waals surface area contributed by atoms with Crippen LogP contribution < -0.4 is 5.32 Å². The second kappa shape index (κ2) is 7.29. The summed E-state index contributed by atoms with van der Waals surface area (Å²) in [5.74, 6) is 0. The van der Waals surface area contributed by atoms with E-state index in [4.69, 9.17) is 0 Å². The summed E-state index contributed by atoms with van der Waals surface area (Å²) in [5.41, 5.74) is 2.37. The van der Waals surface area contributed by atoms with Gasteiger partial charge in [0.15, 0.2) is 0 Å². The van der Waals surface area contributed by atoms with Gasteiger partial charge in [0.05, 0.1) is 15.9 Å². The molecule has 1 aromatic heterocycles. The molecule has 0 aliphatic rings. The number of unbranched alkanes of at least 4 members (excludes halogenated alkanes) is 1. The van der Waals surface area contributed by atoms with Gasteiger partial charge in [-0.05, 0) is 29.3 Å². The van der Waals surface area contributed by atoms with Crippen LogP contribution in [0.2, 0.25) is 0 Å². The summed E-state index contributed by atoms with van der Waals surface area (Å²) in [4.78, 5) is 0. The van der Waals surface area contributed by atoms with E-state index in [-0.39, 0.29) is 0 Å². The second-order valence-electron chi connectivity index (χ2n) is 5.33. The van der Waals surface area contributed by atoms with Crippen molar-refractivity contribution in [2.75, 3.05) is 0 Å². The van der Waals surface area contributed by atoms with Crippen molar-refractivity contribution in [1.82, 2.24) is 15.1 Å². The maximum Gasteiger partial charge on any atom is 0.0738 e. The highest BCUT2D eigenvalue weighted by Crippen LogP contribution is 2.22. The number of aromatic nitrogens is 2. The SMILES string of the molecule is CCCCC(Cc1c(Br)c(C)nn1C)NC(C)C. The number of hydrogen-bond donors (Lipinski definition) is 1. The van der Waals surface area contributed by atoms with Crippen molar-refractivity contribution < 1.29 is 0 Å². The van der Waals surface area contributed by atoms with Crippen LogP contribution in [0.4, 0.5) is 0 Å². The lowest BCUT2D eigenvalue weighted by Gasteiger charge is -2.21. The van der Waals surface area contributed by atoms with Gasteiger partial charge in [-0.3, -0.25) is 4.68 Å². The summed E-state index contributed by atoms with van der Waals surface area (Å²) in [6.07, 6.45) is 4.79. The molecule has 18 heavy (non-hydrogen) atoms. The van der Waals surface area contributed by atoms with Crippen LogP contribution in [0.1, 0.15) is 51.4 Å². The summed E-state index contributed by atoms with van der Waals surface area (Å²) >= 11 is 3.65. The van der Waals surface area contributed by atoms with Gasteiger partial charge in [-0.2, -0.15) is 5.10 Å². The van der Waals surface area contributed by atoms with E-state index < -0.39 is 0 Å². The summed E-state index contributed by atoms with van der Waals surface area (Å²) < 4.78 is 3.16. The highest BCUT2D eigenvalue weighted by molar-refractivity contribution is 9.10.